The Morgan fingerprint density at radius 3 is 2.54 bits per heavy atom. The Hall–Kier alpha value is -3.12. The minimum atomic E-state index is -0.428. The number of amides is 2. The molecule has 7 heteroatoms. The molecule has 0 aliphatic heterocycles. The van der Waals surface area contributed by atoms with Crippen LogP contribution in [0.5, 0.6) is 5.88 Å². The molecule has 2 N–H and O–H groups in total. The molecule has 0 saturated carbocycles. The highest BCUT2D eigenvalue weighted by molar-refractivity contribution is 6.31. The molecule has 0 unspecified atom stereocenters. The van der Waals surface area contributed by atoms with Crippen LogP contribution in [0.25, 0.3) is 10.8 Å². The van der Waals surface area contributed by atoms with E-state index in [0.717, 1.165) is 10.8 Å². The monoisotopic (exact) mass is 369 g/mol. The van der Waals surface area contributed by atoms with Crippen LogP contribution in [0.4, 0.5) is 11.4 Å². The second-order valence-corrected chi connectivity index (χ2v) is 6.00. The number of benzene rings is 2. The predicted molar refractivity (Wildman–Crippen MR) is 102 cm³/mol. The molecular weight excluding hydrogens is 354 g/mol. The number of pyridine rings is 1. The Labute approximate surface area is 155 Å². The number of nitrogens with zero attached hydrogens (tertiary/aromatic N) is 1. The van der Waals surface area contributed by atoms with Gasteiger partial charge in [0, 0.05) is 17.3 Å². The number of hydrogen-bond donors (Lipinski definition) is 2. The summed E-state index contributed by atoms with van der Waals surface area (Å²) in [4.78, 5) is 28.3. The van der Waals surface area contributed by atoms with Gasteiger partial charge in [-0.1, -0.05) is 29.8 Å². The lowest BCUT2D eigenvalue weighted by Gasteiger charge is -2.13. The molecule has 1 heterocycles. The number of nitrogens with one attached hydrogen (secondary N) is 2. The van der Waals surface area contributed by atoms with E-state index >= 15 is 0 Å². The van der Waals surface area contributed by atoms with Crippen molar-refractivity contribution in [2.45, 2.75) is 6.92 Å². The number of fused-ring (bicyclic) bond motifs is 1. The fraction of sp³-hybridized carbons (Fsp3) is 0.105. The molecule has 0 spiro atoms. The lowest BCUT2D eigenvalue weighted by atomic mass is 10.1. The van der Waals surface area contributed by atoms with Crippen molar-refractivity contribution in [2.75, 3.05) is 17.7 Å². The smallest absolute Gasteiger partial charge is 0.274 e. The van der Waals surface area contributed by atoms with Crippen molar-refractivity contribution in [1.82, 2.24) is 4.98 Å². The summed E-state index contributed by atoms with van der Waals surface area (Å²) < 4.78 is 5.30. The van der Waals surface area contributed by atoms with Crippen LogP contribution in [0, 0.1) is 0 Å². The quantitative estimate of drug-likeness (QED) is 0.725. The van der Waals surface area contributed by atoms with Crippen LogP contribution >= 0.6 is 11.6 Å². The maximum Gasteiger partial charge on any atom is 0.274 e. The van der Waals surface area contributed by atoms with Gasteiger partial charge in [-0.05, 0) is 35.7 Å². The largest absolute Gasteiger partial charge is 0.481 e. The van der Waals surface area contributed by atoms with Crippen molar-refractivity contribution < 1.29 is 14.3 Å². The maximum atomic E-state index is 12.7. The van der Waals surface area contributed by atoms with Crippen LogP contribution in [0.1, 0.15) is 17.4 Å². The zero-order valence-electron chi connectivity index (χ0n) is 14.2. The average molecular weight is 370 g/mol. The first kappa shape index (κ1) is 17.7. The zero-order valence-corrected chi connectivity index (χ0v) is 14.9. The lowest BCUT2D eigenvalue weighted by molar-refractivity contribution is -0.114. The highest BCUT2D eigenvalue weighted by atomic mass is 35.5. The summed E-state index contributed by atoms with van der Waals surface area (Å²) in [6.07, 6.45) is 0. The third-order valence-electron chi connectivity index (χ3n) is 3.67. The fourth-order valence-electron chi connectivity index (χ4n) is 2.54. The van der Waals surface area contributed by atoms with Crippen LogP contribution in [0.3, 0.4) is 0 Å². The third-order valence-corrected chi connectivity index (χ3v) is 3.91. The molecule has 2 aromatic carbocycles. The number of rotatable bonds is 4. The number of hydrogen-bond acceptors (Lipinski definition) is 4. The number of ether oxygens (including phenoxy) is 1. The molecule has 0 atom stereocenters. The minimum absolute atomic E-state index is 0.198. The van der Waals surface area contributed by atoms with Gasteiger partial charge >= 0.3 is 0 Å². The standard InChI is InChI=1S/C19H16ClN3O3/c1-11(24)21-16-10-13(20)7-8-15(16)22-18(25)17-9-12-5-3-4-6-14(12)19(23-17)26-2/h3-10H,1-2H3,(H,21,24)(H,22,25). The van der Waals surface area contributed by atoms with Crippen LogP contribution in [-0.4, -0.2) is 23.9 Å². The molecule has 0 aliphatic carbocycles. The molecule has 0 bridgehead atoms. The van der Waals surface area contributed by atoms with Gasteiger partial charge in [0.25, 0.3) is 5.91 Å². The number of aromatic nitrogens is 1. The van der Waals surface area contributed by atoms with Gasteiger partial charge in [0.1, 0.15) is 5.69 Å². The van der Waals surface area contributed by atoms with E-state index in [-0.39, 0.29) is 11.6 Å². The van der Waals surface area contributed by atoms with Gasteiger partial charge in [0.2, 0.25) is 11.8 Å². The summed E-state index contributed by atoms with van der Waals surface area (Å²) in [6.45, 7) is 1.38. The van der Waals surface area contributed by atoms with Crippen LogP contribution in [0.15, 0.2) is 48.5 Å². The number of methoxy groups -OCH3 is 1. The Morgan fingerprint density at radius 2 is 1.81 bits per heavy atom. The molecule has 0 saturated heterocycles. The molecular formula is C19H16ClN3O3. The third kappa shape index (κ3) is 3.75. The fourth-order valence-corrected chi connectivity index (χ4v) is 2.72. The van der Waals surface area contributed by atoms with Crippen molar-refractivity contribution in [3.05, 3.63) is 59.2 Å². The zero-order chi connectivity index (χ0) is 18.7. The van der Waals surface area contributed by atoms with Crippen LogP contribution in [-0.2, 0) is 4.79 Å². The Kier molecular flexibility index (Phi) is 5.04. The topological polar surface area (TPSA) is 80.3 Å². The van der Waals surface area contributed by atoms with E-state index in [0.29, 0.717) is 22.3 Å². The van der Waals surface area contributed by atoms with E-state index in [9.17, 15) is 9.59 Å². The summed E-state index contributed by atoms with van der Waals surface area (Å²) in [5.41, 5.74) is 1.03. The van der Waals surface area contributed by atoms with E-state index < -0.39 is 5.91 Å². The molecule has 26 heavy (non-hydrogen) atoms. The predicted octanol–water partition coefficient (Wildman–Crippen LogP) is 4.11. The maximum absolute atomic E-state index is 12.7. The summed E-state index contributed by atoms with van der Waals surface area (Å²) in [6, 6.07) is 14.0. The molecule has 1 aromatic heterocycles. The summed E-state index contributed by atoms with van der Waals surface area (Å²) in [5, 5.41) is 7.48. The highest BCUT2D eigenvalue weighted by Crippen LogP contribution is 2.28. The number of carbonyl (C=O) groups is 2. The van der Waals surface area contributed by atoms with Gasteiger partial charge in [-0.25, -0.2) is 4.98 Å². The molecule has 0 fully saturated rings. The summed E-state index contributed by atoms with van der Waals surface area (Å²) in [7, 11) is 1.50. The van der Waals surface area contributed by atoms with E-state index in [1.165, 1.54) is 14.0 Å². The second kappa shape index (κ2) is 7.41. The van der Waals surface area contributed by atoms with Crippen molar-refractivity contribution in [1.29, 1.82) is 0 Å². The first-order valence-corrected chi connectivity index (χ1v) is 8.18. The molecule has 132 valence electrons. The first-order chi connectivity index (χ1) is 12.5. The van der Waals surface area contributed by atoms with Crippen LogP contribution in [0.2, 0.25) is 5.02 Å². The molecule has 3 rings (SSSR count). The molecule has 6 nitrogen and oxygen atoms in total. The van der Waals surface area contributed by atoms with E-state index in [2.05, 4.69) is 15.6 Å². The van der Waals surface area contributed by atoms with Crippen molar-refractivity contribution in [2.24, 2.45) is 0 Å². The van der Waals surface area contributed by atoms with Gasteiger partial charge in [-0.2, -0.15) is 0 Å². The summed E-state index contributed by atoms with van der Waals surface area (Å²) in [5.74, 6) is -0.331. The van der Waals surface area contributed by atoms with Gasteiger partial charge in [-0.3, -0.25) is 9.59 Å². The van der Waals surface area contributed by atoms with Crippen molar-refractivity contribution in [3.8, 4) is 5.88 Å². The molecule has 3 aromatic rings. The van der Waals surface area contributed by atoms with Gasteiger partial charge in [0.05, 0.1) is 18.5 Å². The number of anilines is 2. The first-order valence-electron chi connectivity index (χ1n) is 7.80. The van der Waals surface area contributed by atoms with Gasteiger partial charge < -0.3 is 15.4 Å². The molecule has 2 amide bonds. The van der Waals surface area contributed by atoms with Crippen molar-refractivity contribution in [3.63, 3.8) is 0 Å². The number of carbonyl (C=O) groups excluding carboxylic acids is 2. The summed E-state index contributed by atoms with van der Waals surface area (Å²) >= 11 is 5.97. The van der Waals surface area contributed by atoms with Gasteiger partial charge in [-0.15, -0.1) is 0 Å². The Bertz CT molecular complexity index is 1000. The lowest BCUT2D eigenvalue weighted by Crippen LogP contribution is -2.16. The SMILES string of the molecule is COc1nc(C(=O)Nc2ccc(Cl)cc2NC(C)=O)cc2ccccc12. The Morgan fingerprint density at radius 1 is 1.04 bits per heavy atom. The Balaban J connectivity index is 1.96. The van der Waals surface area contributed by atoms with Crippen molar-refractivity contribution >= 4 is 45.6 Å². The van der Waals surface area contributed by atoms with E-state index in [4.69, 9.17) is 16.3 Å². The average Bonchev–Trinajstić information content (AvgIpc) is 2.62. The second-order valence-electron chi connectivity index (χ2n) is 5.56. The van der Waals surface area contributed by atoms with Gasteiger partial charge in [0.15, 0.2) is 0 Å². The molecule has 0 radical (unpaired) electrons. The normalized spacial score (nSPS) is 10.4. The molecule has 0 aliphatic rings. The highest BCUT2D eigenvalue weighted by Gasteiger charge is 2.15. The van der Waals surface area contributed by atoms with Crippen LogP contribution < -0.4 is 15.4 Å². The minimum Gasteiger partial charge on any atom is -0.481 e. The van der Waals surface area contributed by atoms with E-state index in [1.54, 1.807) is 24.3 Å². The van der Waals surface area contributed by atoms with E-state index in [1.807, 2.05) is 24.3 Å². The number of halogens is 1.